The van der Waals surface area contributed by atoms with Crippen LogP contribution in [0.5, 0.6) is 0 Å². The Bertz CT molecular complexity index is 411. The first-order valence-electron chi connectivity index (χ1n) is 3.48. The smallest absolute Gasteiger partial charge is 0.185 e. The van der Waals surface area contributed by atoms with Gasteiger partial charge in [-0.1, -0.05) is 17.7 Å². The first-order valence-corrected chi connectivity index (χ1v) is 5.51. The maximum Gasteiger partial charge on any atom is 0.185 e. The zero-order valence-corrected chi connectivity index (χ0v) is 8.18. The number of rotatable bonds is 3. The van der Waals surface area contributed by atoms with Crippen LogP contribution in [0.4, 0.5) is 0 Å². The molecular weight excluding hydrogens is 212 g/mol. The van der Waals surface area contributed by atoms with Crippen molar-refractivity contribution in [1.29, 1.82) is 0 Å². The van der Waals surface area contributed by atoms with Crippen molar-refractivity contribution in [3.63, 3.8) is 0 Å². The number of carbonyl (C=O) groups excluding carboxylic acids is 1. The third-order valence-corrected chi connectivity index (χ3v) is 3.22. The highest BCUT2D eigenvalue weighted by Crippen LogP contribution is 2.15. The predicted molar refractivity (Wildman–Crippen MR) is 49.6 cm³/mol. The molecule has 0 N–H and O–H groups in total. The summed E-state index contributed by atoms with van der Waals surface area (Å²) < 4.78 is 22.6. The van der Waals surface area contributed by atoms with Crippen molar-refractivity contribution in [1.82, 2.24) is 0 Å². The number of hydrogen-bond acceptors (Lipinski definition) is 3. The summed E-state index contributed by atoms with van der Waals surface area (Å²) in [5.74, 6) is -0.507. The summed E-state index contributed by atoms with van der Waals surface area (Å²) in [6.07, 6.45) is 0.357. The highest BCUT2D eigenvalue weighted by atomic mass is 35.5. The van der Waals surface area contributed by atoms with Gasteiger partial charge >= 0.3 is 0 Å². The fourth-order valence-electron chi connectivity index (χ4n) is 0.846. The van der Waals surface area contributed by atoms with E-state index in [9.17, 15) is 13.2 Å². The Hall–Kier alpha value is -0.870. The molecule has 0 saturated carbocycles. The van der Waals surface area contributed by atoms with Crippen LogP contribution < -0.4 is 0 Å². The van der Waals surface area contributed by atoms with Crippen LogP contribution in [-0.4, -0.2) is 20.5 Å². The van der Waals surface area contributed by atoms with Crippen LogP contribution >= 0.6 is 11.6 Å². The highest BCUT2D eigenvalue weighted by Gasteiger charge is 2.13. The number of halogens is 1. The third kappa shape index (κ3) is 2.54. The minimum Gasteiger partial charge on any atom is -0.302 e. The monoisotopic (exact) mass is 218 g/mol. The van der Waals surface area contributed by atoms with Gasteiger partial charge in [0.25, 0.3) is 0 Å². The maximum absolute atomic E-state index is 11.3. The minimum absolute atomic E-state index is 0.0760. The molecule has 1 rings (SSSR count). The van der Waals surface area contributed by atoms with E-state index in [0.717, 1.165) is 0 Å². The lowest BCUT2D eigenvalue weighted by molar-refractivity contribution is -0.105. The fraction of sp³-hybridized carbons (Fsp3) is 0.125. The summed E-state index contributed by atoms with van der Waals surface area (Å²) in [5, 5.41) is 0.340. The van der Waals surface area contributed by atoms with E-state index in [1.54, 1.807) is 6.07 Å². The van der Waals surface area contributed by atoms with Gasteiger partial charge in [0.1, 0.15) is 12.0 Å². The SMILES string of the molecule is O=CCS(=O)(=O)c1cccc(Cl)c1. The van der Waals surface area contributed by atoms with Crippen molar-refractivity contribution in [2.45, 2.75) is 4.90 Å². The lowest BCUT2D eigenvalue weighted by Crippen LogP contribution is -2.07. The fourth-order valence-corrected chi connectivity index (χ4v) is 2.07. The Kier molecular flexibility index (Phi) is 3.06. The molecule has 0 heterocycles. The van der Waals surface area contributed by atoms with Gasteiger partial charge in [-0.2, -0.15) is 0 Å². The van der Waals surface area contributed by atoms with Gasteiger partial charge in [-0.15, -0.1) is 0 Å². The number of benzene rings is 1. The molecule has 0 unspecified atom stereocenters. The zero-order chi connectivity index (χ0) is 9.90. The molecule has 0 saturated heterocycles. The molecule has 0 aromatic heterocycles. The van der Waals surface area contributed by atoms with Crippen molar-refractivity contribution < 1.29 is 13.2 Å². The van der Waals surface area contributed by atoms with Gasteiger partial charge in [-0.3, -0.25) is 0 Å². The highest BCUT2D eigenvalue weighted by molar-refractivity contribution is 7.92. The van der Waals surface area contributed by atoms with Crippen molar-refractivity contribution >= 4 is 27.7 Å². The zero-order valence-electron chi connectivity index (χ0n) is 6.60. The molecule has 0 atom stereocenters. The quantitative estimate of drug-likeness (QED) is 0.719. The van der Waals surface area contributed by atoms with E-state index in [1.165, 1.54) is 18.2 Å². The summed E-state index contributed by atoms with van der Waals surface area (Å²) in [7, 11) is -3.49. The van der Waals surface area contributed by atoms with E-state index in [2.05, 4.69) is 0 Å². The van der Waals surface area contributed by atoms with E-state index in [-0.39, 0.29) is 4.90 Å². The van der Waals surface area contributed by atoms with E-state index in [1.807, 2.05) is 0 Å². The molecule has 0 spiro atoms. The van der Waals surface area contributed by atoms with Gasteiger partial charge in [-0.05, 0) is 18.2 Å². The van der Waals surface area contributed by atoms with Crippen LogP contribution in [-0.2, 0) is 14.6 Å². The van der Waals surface area contributed by atoms with Gasteiger partial charge in [0.15, 0.2) is 9.84 Å². The molecule has 1 aromatic rings. The van der Waals surface area contributed by atoms with E-state index in [0.29, 0.717) is 11.3 Å². The molecule has 3 nitrogen and oxygen atoms in total. The molecule has 0 aliphatic rings. The third-order valence-electron chi connectivity index (χ3n) is 1.44. The summed E-state index contributed by atoms with van der Waals surface area (Å²) in [6.45, 7) is 0. The Morgan fingerprint density at radius 2 is 2.08 bits per heavy atom. The average molecular weight is 219 g/mol. The molecule has 0 fully saturated rings. The molecule has 1 aromatic carbocycles. The summed E-state index contributed by atoms with van der Waals surface area (Å²) >= 11 is 5.60. The number of aldehydes is 1. The van der Waals surface area contributed by atoms with Gasteiger partial charge in [0.05, 0.1) is 4.90 Å². The Morgan fingerprint density at radius 3 is 2.62 bits per heavy atom. The van der Waals surface area contributed by atoms with Crippen LogP contribution in [0.2, 0.25) is 5.02 Å². The first kappa shape index (κ1) is 10.2. The average Bonchev–Trinajstić information content (AvgIpc) is 2.04. The topological polar surface area (TPSA) is 51.2 Å². The normalized spacial score (nSPS) is 11.2. The maximum atomic E-state index is 11.3. The van der Waals surface area contributed by atoms with Crippen molar-refractivity contribution in [2.75, 3.05) is 5.75 Å². The number of sulfone groups is 1. The Morgan fingerprint density at radius 1 is 1.38 bits per heavy atom. The van der Waals surface area contributed by atoms with Crippen LogP contribution in [0, 0.1) is 0 Å². The number of hydrogen-bond donors (Lipinski definition) is 0. The first-order chi connectivity index (χ1) is 6.06. The summed E-state index contributed by atoms with van der Waals surface area (Å²) in [5.41, 5.74) is 0. The molecule has 70 valence electrons. The second kappa shape index (κ2) is 3.89. The van der Waals surface area contributed by atoms with Gasteiger partial charge in [0, 0.05) is 5.02 Å². The largest absolute Gasteiger partial charge is 0.302 e. The molecule has 0 bridgehead atoms. The second-order valence-corrected chi connectivity index (χ2v) is 4.88. The van der Waals surface area contributed by atoms with Crippen molar-refractivity contribution in [3.8, 4) is 0 Å². The van der Waals surface area contributed by atoms with Crippen LogP contribution in [0.1, 0.15) is 0 Å². The van der Waals surface area contributed by atoms with Crippen molar-refractivity contribution in [3.05, 3.63) is 29.3 Å². The molecule has 0 aliphatic carbocycles. The minimum atomic E-state index is -3.49. The van der Waals surface area contributed by atoms with Crippen LogP contribution in [0.3, 0.4) is 0 Å². The second-order valence-electron chi connectivity index (χ2n) is 2.41. The van der Waals surface area contributed by atoms with Crippen LogP contribution in [0.25, 0.3) is 0 Å². The molecule has 0 radical (unpaired) electrons. The Balaban J connectivity index is 3.15. The van der Waals surface area contributed by atoms with E-state index in [4.69, 9.17) is 11.6 Å². The standard InChI is InChI=1S/C8H7ClO3S/c9-7-2-1-3-8(6-7)13(11,12)5-4-10/h1-4,6H,5H2. The summed E-state index contributed by atoms with van der Waals surface area (Å²) in [6, 6.07) is 5.83. The molecule has 5 heteroatoms. The van der Waals surface area contributed by atoms with Crippen LogP contribution in [0.15, 0.2) is 29.2 Å². The van der Waals surface area contributed by atoms with Gasteiger partial charge in [-0.25, -0.2) is 8.42 Å². The molecule has 13 heavy (non-hydrogen) atoms. The number of carbonyl (C=O) groups is 1. The molecule has 0 amide bonds. The van der Waals surface area contributed by atoms with Gasteiger partial charge in [0.2, 0.25) is 0 Å². The summed E-state index contributed by atoms with van der Waals surface area (Å²) in [4.78, 5) is 10.1. The predicted octanol–water partition coefficient (Wildman–Crippen LogP) is 1.31. The molecule has 0 aliphatic heterocycles. The lowest BCUT2D eigenvalue weighted by atomic mass is 10.4. The van der Waals surface area contributed by atoms with Gasteiger partial charge < -0.3 is 4.79 Å². The van der Waals surface area contributed by atoms with Crippen molar-refractivity contribution in [2.24, 2.45) is 0 Å². The Labute approximate surface area is 81.3 Å². The van der Waals surface area contributed by atoms with E-state index >= 15 is 0 Å². The van der Waals surface area contributed by atoms with E-state index < -0.39 is 15.6 Å². The molecular formula is C8H7ClO3S. The lowest BCUT2D eigenvalue weighted by Gasteiger charge is -1.99.